The summed E-state index contributed by atoms with van der Waals surface area (Å²) in [7, 11) is 1.74. The molecule has 0 unspecified atom stereocenters. The van der Waals surface area contributed by atoms with Crippen molar-refractivity contribution in [2.24, 2.45) is 7.05 Å². The molecule has 0 bridgehead atoms. The second kappa shape index (κ2) is 7.37. The van der Waals surface area contributed by atoms with Gasteiger partial charge in [0.15, 0.2) is 5.16 Å². The molecule has 0 aliphatic rings. The summed E-state index contributed by atoms with van der Waals surface area (Å²) in [5, 5.41) is 5.80. The van der Waals surface area contributed by atoms with Crippen LogP contribution in [0.25, 0.3) is 31.6 Å². The molecule has 0 fully saturated rings. The summed E-state index contributed by atoms with van der Waals surface area (Å²) in [6.07, 6.45) is 1.66. The minimum Gasteiger partial charge on any atom is -0.290 e. The Morgan fingerprint density at radius 2 is 2.07 bits per heavy atom. The summed E-state index contributed by atoms with van der Waals surface area (Å²) in [6, 6.07) is 10.6. The van der Waals surface area contributed by atoms with Gasteiger partial charge in [-0.2, -0.15) is 0 Å². The lowest BCUT2D eigenvalue weighted by Crippen LogP contribution is -2.19. The molecule has 8 heteroatoms. The Kier molecular flexibility index (Phi) is 4.69. The highest BCUT2D eigenvalue weighted by Gasteiger charge is 2.17. The van der Waals surface area contributed by atoms with E-state index < -0.39 is 0 Å². The zero-order chi connectivity index (χ0) is 20.0. The molecule has 1 aromatic carbocycles. The van der Waals surface area contributed by atoms with Gasteiger partial charge in [0.2, 0.25) is 0 Å². The van der Waals surface area contributed by atoms with Crippen molar-refractivity contribution in [2.75, 3.05) is 0 Å². The quantitative estimate of drug-likeness (QED) is 0.266. The maximum absolute atomic E-state index is 14.0. The van der Waals surface area contributed by atoms with E-state index in [0.29, 0.717) is 27.2 Å². The molecule has 0 spiro atoms. The third-order valence-corrected chi connectivity index (χ3v) is 7.57. The van der Waals surface area contributed by atoms with Crippen molar-refractivity contribution in [1.29, 1.82) is 0 Å². The van der Waals surface area contributed by atoms with E-state index in [2.05, 4.69) is 4.98 Å². The van der Waals surface area contributed by atoms with Gasteiger partial charge in [-0.25, -0.2) is 9.37 Å². The smallest absolute Gasteiger partial charge is 0.263 e. The van der Waals surface area contributed by atoms with Crippen LogP contribution in [0, 0.1) is 5.82 Å². The average molecular weight is 440 g/mol. The molecular weight excluding hydrogens is 425 g/mol. The Labute approximate surface area is 177 Å². The first-order valence-electron chi connectivity index (χ1n) is 8.80. The predicted molar refractivity (Wildman–Crippen MR) is 119 cm³/mol. The molecular formula is C21H14FN3OS3. The van der Waals surface area contributed by atoms with E-state index in [1.807, 2.05) is 22.9 Å². The number of thiophene rings is 2. The molecule has 0 radical (unpaired) electrons. The topological polar surface area (TPSA) is 47.8 Å². The van der Waals surface area contributed by atoms with Crippen molar-refractivity contribution < 1.29 is 4.39 Å². The number of fused-ring (bicyclic) bond motifs is 2. The normalized spacial score (nSPS) is 11.5. The number of thioether (sulfide) groups is 1. The average Bonchev–Trinajstić information content (AvgIpc) is 3.41. The van der Waals surface area contributed by atoms with Crippen molar-refractivity contribution in [2.45, 2.75) is 10.9 Å². The minimum atomic E-state index is -0.284. The van der Waals surface area contributed by atoms with E-state index in [9.17, 15) is 9.18 Å². The van der Waals surface area contributed by atoms with Crippen LogP contribution < -0.4 is 5.56 Å². The van der Waals surface area contributed by atoms with Crippen LogP contribution in [-0.4, -0.2) is 14.5 Å². The molecule has 144 valence electrons. The van der Waals surface area contributed by atoms with Crippen LogP contribution >= 0.6 is 34.4 Å². The van der Waals surface area contributed by atoms with Gasteiger partial charge in [0.1, 0.15) is 10.6 Å². The maximum Gasteiger partial charge on any atom is 0.263 e. The molecule has 0 aliphatic carbocycles. The summed E-state index contributed by atoms with van der Waals surface area (Å²) in [5.74, 6) is 0.261. The second-order valence-corrected chi connectivity index (χ2v) is 9.21. The zero-order valence-electron chi connectivity index (χ0n) is 15.3. The third kappa shape index (κ3) is 3.17. The van der Waals surface area contributed by atoms with Gasteiger partial charge in [0.05, 0.1) is 10.9 Å². The first-order chi connectivity index (χ1) is 14.1. The number of benzene rings is 1. The standard InChI is InChI=1S/C21H14FN3OS3/c1-25-20(26)17-14(16-5-3-9-27-16)11-28-19(17)24-21(25)29-10-12-6-7-15(22)13-4-2-8-23-18(12)13/h2-9,11H,10H2,1H3. The van der Waals surface area contributed by atoms with Crippen LogP contribution in [0.3, 0.4) is 0 Å². The van der Waals surface area contributed by atoms with Crippen molar-refractivity contribution in [3.8, 4) is 10.4 Å². The fourth-order valence-electron chi connectivity index (χ4n) is 3.25. The summed E-state index contributed by atoms with van der Waals surface area (Å²) in [5.41, 5.74) is 2.44. The van der Waals surface area contributed by atoms with E-state index >= 15 is 0 Å². The fraction of sp³-hybridized carbons (Fsp3) is 0.0952. The van der Waals surface area contributed by atoms with E-state index in [4.69, 9.17) is 4.98 Å². The predicted octanol–water partition coefficient (Wildman–Crippen LogP) is 5.70. The summed E-state index contributed by atoms with van der Waals surface area (Å²) in [6.45, 7) is 0. The highest BCUT2D eigenvalue weighted by atomic mass is 32.2. The molecule has 0 aliphatic heterocycles. The number of hydrogen-bond donors (Lipinski definition) is 0. The highest BCUT2D eigenvalue weighted by Crippen LogP contribution is 2.35. The van der Waals surface area contributed by atoms with Crippen LogP contribution in [0.15, 0.2) is 63.3 Å². The molecule has 4 nitrogen and oxygen atoms in total. The number of aromatic nitrogens is 3. The lowest BCUT2D eigenvalue weighted by Gasteiger charge is -2.09. The zero-order valence-corrected chi connectivity index (χ0v) is 17.7. The van der Waals surface area contributed by atoms with Crippen LogP contribution in [0.1, 0.15) is 5.56 Å². The van der Waals surface area contributed by atoms with Gasteiger partial charge < -0.3 is 0 Å². The Hall–Kier alpha value is -2.55. The molecule has 5 rings (SSSR count). The van der Waals surface area contributed by atoms with Gasteiger partial charge >= 0.3 is 0 Å². The van der Waals surface area contributed by atoms with Crippen LogP contribution in [0.2, 0.25) is 0 Å². The van der Waals surface area contributed by atoms with Crippen molar-refractivity contribution in [1.82, 2.24) is 14.5 Å². The Balaban J connectivity index is 1.53. The molecule has 0 N–H and O–H groups in total. The lowest BCUT2D eigenvalue weighted by molar-refractivity contribution is 0.639. The number of hydrogen-bond acceptors (Lipinski definition) is 6. The molecule has 0 saturated carbocycles. The van der Waals surface area contributed by atoms with Gasteiger partial charge in [-0.1, -0.05) is 23.9 Å². The Morgan fingerprint density at radius 1 is 1.17 bits per heavy atom. The van der Waals surface area contributed by atoms with Crippen molar-refractivity contribution in [3.05, 3.63) is 75.1 Å². The van der Waals surface area contributed by atoms with Crippen molar-refractivity contribution in [3.63, 3.8) is 0 Å². The monoisotopic (exact) mass is 439 g/mol. The van der Waals surface area contributed by atoms with Crippen molar-refractivity contribution >= 4 is 55.6 Å². The first-order valence-corrected chi connectivity index (χ1v) is 11.5. The van der Waals surface area contributed by atoms with Crippen LogP contribution in [-0.2, 0) is 12.8 Å². The molecule has 0 saturated heterocycles. The fourth-order valence-corrected chi connectivity index (χ4v) is 6.01. The van der Waals surface area contributed by atoms with Crippen LogP contribution in [0.4, 0.5) is 4.39 Å². The van der Waals surface area contributed by atoms with E-state index in [1.54, 1.807) is 47.3 Å². The molecule has 29 heavy (non-hydrogen) atoms. The van der Waals surface area contributed by atoms with Gasteiger partial charge in [0, 0.05) is 40.2 Å². The van der Waals surface area contributed by atoms with Gasteiger partial charge in [-0.15, -0.1) is 22.7 Å². The number of pyridine rings is 1. The second-order valence-electron chi connectivity index (χ2n) is 6.46. The summed E-state index contributed by atoms with van der Waals surface area (Å²) >= 11 is 4.55. The Morgan fingerprint density at radius 3 is 2.90 bits per heavy atom. The number of nitrogens with zero attached hydrogens (tertiary/aromatic N) is 3. The van der Waals surface area contributed by atoms with Gasteiger partial charge in [-0.3, -0.25) is 14.3 Å². The largest absolute Gasteiger partial charge is 0.290 e. The minimum absolute atomic E-state index is 0.0516. The molecule has 0 atom stereocenters. The molecule has 4 heterocycles. The number of rotatable bonds is 4. The highest BCUT2D eigenvalue weighted by molar-refractivity contribution is 7.98. The maximum atomic E-state index is 14.0. The van der Waals surface area contributed by atoms with E-state index in [-0.39, 0.29) is 11.4 Å². The van der Waals surface area contributed by atoms with E-state index in [1.165, 1.54) is 29.2 Å². The van der Waals surface area contributed by atoms with E-state index in [0.717, 1.165) is 20.8 Å². The molecule has 0 amide bonds. The van der Waals surface area contributed by atoms with Gasteiger partial charge in [-0.05, 0) is 35.2 Å². The molecule has 4 aromatic heterocycles. The first kappa shape index (κ1) is 18.5. The lowest BCUT2D eigenvalue weighted by atomic mass is 10.1. The van der Waals surface area contributed by atoms with Crippen LogP contribution in [0.5, 0.6) is 0 Å². The summed E-state index contributed by atoms with van der Waals surface area (Å²) in [4.78, 5) is 23.9. The Bertz CT molecular complexity index is 1410. The van der Waals surface area contributed by atoms with Gasteiger partial charge in [0.25, 0.3) is 5.56 Å². The molecule has 5 aromatic rings. The summed E-state index contributed by atoms with van der Waals surface area (Å²) < 4.78 is 15.6. The SMILES string of the molecule is Cn1c(SCc2ccc(F)c3cccnc23)nc2scc(-c3cccs3)c2c1=O. The third-order valence-electron chi connectivity index (χ3n) is 4.72. The number of halogens is 1.